The minimum Gasteiger partial charge on any atom is -0.394 e. The summed E-state index contributed by atoms with van der Waals surface area (Å²) in [6.45, 7) is 2.62. The smallest absolute Gasteiger partial charge is 0.0662 e. The summed E-state index contributed by atoms with van der Waals surface area (Å²) < 4.78 is 0. The molecular weight excluding hydrogens is 178 g/mol. The van der Waals surface area contributed by atoms with Crippen LogP contribution < -0.4 is 5.73 Å². The number of nitrogens with two attached hydrogens (primary N) is 1. The molecule has 0 aliphatic rings. The van der Waals surface area contributed by atoms with Gasteiger partial charge >= 0.3 is 0 Å². The number of aliphatic hydroxyl groups excluding tert-OH is 2. The van der Waals surface area contributed by atoms with Gasteiger partial charge in [0.15, 0.2) is 0 Å². The van der Waals surface area contributed by atoms with Crippen LogP contribution in [0.5, 0.6) is 0 Å². The van der Waals surface area contributed by atoms with Crippen molar-refractivity contribution in [3.05, 3.63) is 36.4 Å². The van der Waals surface area contributed by atoms with Crippen molar-refractivity contribution < 1.29 is 10.2 Å². The fraction of sp³-hybridized carbons (Fsp3) is 0.455. The van der Waals surface area contributed by atoms with Gasteiger partial charge in [-0.25, -0.2) is 0 Å². The molecule has 0 heterocycles. The molecule has 1 aromatic rings. The largest absolute Gasteiger partial charge is 0.394 e. The van der Waals surface area contributed by atoms with Crippen LogP contribution in [-0.4, -0.2) is 30.0 Å². The van der Waals surface area contributed by atoms with Crippen molar-refractivity contribution in [3.63, 3.8) is 0 Å². The summed E-state index contributed by atoms with van der Waals surface area (Å²) in [6, 6.07) is 12.0. The topological polar surface area (TPSA) is 66.5 Å². The average molecular weight is 199 g/mol. The van der Waals surface area contributed by atoms with Crippen LogP contribution in [0, 0.1) is 0 Å². The Morgan fingerprint density at radius 2 is 1.07 bits per heavy atom. The summed E-state index contributed by atoms with van der Waals surface area (Å²) >= 11 is 0. The molecule has 82 valence electrons. The molecule has 0 bridgehead atoms. The van der Waals surface area contributed by atoms with E-state index >= 15 is 0 Å². The zero-order chi connectivity index (χ0) is 11.1. The van der Waals surface area contributed by atoms with Crippen molar-refractivity contribution in [1.82, 2.24) is 0 Å². The Bertz CT molecular complexity index is 122. The Hall–Kier alpha value is -0.900. The molecule has 0 aromatic heterocycles. The lowest BCUT2D eigenvalue weighted by atomic mass is 10.4. The van der Waals surface area contributed by atoms with Crippen LogP contribution in [0.2, 0.25) is 0 Å². The second kappa shape index (κ2) is 18.0. The van der Waals surface area contributed by atoms with Gasteiger partial charge in [0.05, 0.1) is 13.2 Å². The lowest BCUT2D eigenvalue weighted by molar-refractivity contribution is 0.186. The van der Waals surface area contributed by atoms with Crippen molar-refractivity contribution in [2.45, 2.75) is 13.3 Å². The van der Waals surface area contributed by atoms with Crippen LogP contribution in [0.3, 0.4) is 0 Å². The highest BCUT2D eigenvalue weighted by Crippen LogP contribution is 1.79. The van der Waals surface area contributed by atoms with Gasteiger partial charge < -0.3 is 15.9 Å². The maximum atomic E-state index is 7.62. The molecule has 0 aliphatic heterocycles. The van der Waals surface area contributed by atoms with E-state index in [0.29, 0.717) is 0 Å². The van der Waals surface area contributed by atoms with Crippen molar-refractivity contribution in [2.24, 2.45) is 5.73 Å². The maximum Gasteiger partial charge on any atom is 0.0662 e. The first kappa shape index (κ1) is 15.6. The van der Waals surface area contributed by atoms with Gasteiger partial charge in [-0.1, -0.05) is 43.3 Å². The quantitative estimate of drug-likeness (QED) is 0.666. The third-order valence-electron chi connectivity index (χ3n) is 1.06. The second-order valence-corrected chi connectivity index (χ2v) is 2.39. The van der Waals surface area contributed by atoms with Gasteiger partial charge in [0, 0.05) is 0 Å². The Kier molecular flexibility index (Phi) is 20.0. The van der Waals surface area contributed by atoms with Crippen molar-refractivity contribution in [1.29, 1.82) is 0 Å². The van der Waals surface area contributed by atoms with Crippen molar-refractivity contribution in [2.75, 3.05) is 19.8 Å². The SMILES string of the molecule is CCCN.OCCO.c1ccccc1. The molecule has 0 spiro atoms. The fourth-order valence-electron chi connectivity index (χ4n) is 0.385. The van der Waals surface area contributed by atoms with E-state index in [1.54, 1.807) is 0 Å². The van der Waals surface area contributed by atoms with Gasteiger partial charge in [0.25, 0.3) is 0 Å². The normalized spacial score (nSPS) is 7.71. The molecule has 1 rings (SSSR count). The van der Waals surface area contributed by atoms with E-state index in [9.17, 15) is 0 Å². The summed E-state index contributed by atoms with van der Waals surface area (Å²) in [7, 11) is 0. The van der Waals surface area contributed by atoms with Gasteiger partial charge in [0.2, 0.25) is 0 Å². The molecule has 0 unspecified atom stereocenters. The standard InChI is InChI=1S/C6H6.C3H9N.C2H6O2/c1-2-4-6-5-3-1;1-2-3-4;3-1-2-4/h1-6H;2-4H2,1H3;3-4H,1-2H2. The van der Waals surface area contributed by atoms with Crippen molar-refractivity contribution >= 4 is 0 Å². The third-order valence-corrected chi connectivity index (χ3v) is 1.06. The number of aliphatic hydroxyl groups is 2. The summed E-state index contributed by atoms with van der Waals surface area (Å²) in [4.78, 5) is 0. The molecule has 14 heavy (non-hydrogen) atoms. The number of hydrogen-bond acceptors (Lipinski definition) is 3. The maximum absolute atomic E-state index is 7.62. The number of benzene rings is 1. The summed E-state index contributed by atoms with van der Waals surface area (Å²) in [5.41, 5.74) is 5.03. The molecule has 0 saturated heterocycles. The highest BCUT2D eigenvalue weighted by molar-refractivity contribution is 4.99. The molecule has 0 radical (unpaired) electrons. The Morgan fingerprint density at radius 1 is 0.857 bits per heavy atom. The Morgan fingerprint density at radius 3 is 1.14 bits per heavy atom. The zero-order valence-corrected chi connectivity index (χ0v) is 8.76. The van der Waals surface area contributed by atoms with Crippen molar-refractivity contribution in [3.8, 4) is 0 Å². The molecule has 0 amide bonds. The van der Waals surface area contributed by atoms with Crippen LogP contribution in [0.1, 0.15) is 13.3 Å². The Labute approximate surface area is 86.2 Å². The monoisotopic (exact) mass is 199 g/mol. The molecule has 3 heteroatoms. The third kappa shape index (κ3) is 22.5. The predicted octanol–water partition coefficient (Wildman–Crippen LogP) is 1.01. The molecule has 0 fully saturated rings. The predicted molar refractivity (Wildman–Crippen MR) is 60.0 cm³/mol. The lowest BCUT2D eigenvalue weighted by Crippen LogP contribution is -1.93. The fourth-order valence-corrected chi connectivity index (χ4v) is 0.385. The first-order valence-electron chi connectivity index (χ1n) is 4.75. The minimum absolute atomic E-state index is 0.125. The Balaban J connectivity index is 0. The van der Waals surface area contributed by atoms with Gasteiger partial charge in [-0.3, -0.25) is 0 Å². The molecular formula is C11H21NO2. The van der Waals surface area contributed by atoms with Crippen LogP contribution in [0.4, 0.5) is 0 Å². The van der Waals surface area contributed by atoms with E-state index in [1.807, 2.05) is 36.4 Å². The number of rotatable bonds is 2. The second-order valence-electron chi connectivity index (χ2n) is 2.39. The van der Waals surface area contributed by atoms with Gasteiger partial charge in [0.1, 0.15) is 0 Å². The van der Waals surface area contributed by atoms with E-state index in [4.69, 9.17) is 15.9 Å². The highest BCUT2D eigenvalue weighted by atomic mass is 16.3. The summed E-state index contributed by atoms with van der Waals surface area (Å²) in [5.74, 6) is 0. The van der Waals surface area contributed by atoms with Crippen LogP contribution in [0.15, 0.2) is 36.4 Å². The molecule has 0 aliphatic carbocycles. The first-order valence-corrected chi connectivity index (χ1v) is 4.75. The van der Waals surface area contributed by atoms with E-state index in [0.717, 1.165) is 13.0 Å². The molecule has 0 saturated carbocycles. The van der Waals surface area contributed by atoms with Crippen LogP contribution >= 0.6 is 0 Å². The number of hydrogen-bond donors (Lipinski definition) is 3. The van der Waals surface area contributed by atoms with Gasteiger partial charge in [-0.05, 0) is 13.0 Å². The average Bonchev–Trinajstić information content (AvgIpc) is 2.32. The molecule has 0 atom stereocenters. The molecule has 1 aromatic carbocycles. The van der Waals surface area contributed by atoms with E-state index < -0.39 is 0 Å². The molecule has 4 N–H and O–H groups in total. The lowest BCUT2D eigenvalue weighted by Gasteiger charge is -1.70. The molecule has 3 nitrogen and oxygen atoms in total. The van der Waals surface area contributed by atoms with E-state index in [1.165, 1.54) is 0 Å². The van der Waals surface area contributed by atoms with E-state index in [2.05, 4.69) is 6.92 Å². The van der Waals surface area contributed by atoms with Crippen LogP contribution in [0.25, 0.3) is 0 Å². The first-order chi connectivity index (χ1) is 6.83. The summed E-state index contributed by atoms with van der Waals surface area (Å²) in [6.07, 6.45) is 1.10. The van der Waals surface area contributed by atoms with E-state index in [-0.39, 0.29) is 13.2 Å². The van der Waals surface area contributed by atoms with Crippen LogP contribution in [-0.2, 0) is 0 Å². The minimum atomic E-state index is -0.125. The summed E-state index contributed by atoms with van der Waals surface area (Å²) in [5, 5.41) is 15.2. The van der Waals surface area contributed by atoms with Gasteiger partial charge in [-0.2, -0.15) is 0 Å². The zero-order valence-electron chi connectivity index (χ0n) is 8.76. The van der Waals surface area contributed by atoms with Gasteiger partial charge in [-0.15, -0.1) is 0 Å². The highest BCUT2D eigenvalue weighted by Gasteiger charge is 1.58.